The Balaban J connectivity index is 0.000000140. The summed E-state index contributed by atoms with van der Waals surface area (Å²) in [5.41, 5.74) is 1.32. The van der Waals surface area contributed by atoms with E-state index in [9.17, 15) is 4.79 Å². The molecular formula is C13H18O. The van der Waals surface area contributed by atoms with Gasteiger partial charge in [0.25, 0.3) is 0 Å². The molecule has 1 aliphatic rings. The molecule has 14 heavy (non-hydrogen) atoms. The summed E-state index contributed by atoms with van der Waals surface area (Å²) in [4.78, 5) is 10.5. The molecule has 1 fully saturated rings. The minimum absolute atomic E-state index is 0.451. The van der Waals surface area contributed by atoms with Crippen LogP contribution in [0.15, 0.2) is 30.3 Å². The number of carbonyl (C=O) groups excluding carboxylic acids is 1. The first-order valence-corrected chi connectivity index (χ1v) is 5.22. The van der Waals surface area contributed by atoms with Gasteiger partial charge in [0.15, 0.2) is 0 Å². The number of carbonyl (C=O) groups is 1. The SMILES string of the molecule is C[C@H]1CCC(=O)C1.Cc1ccccc1. The monoisotopic (exact) mass is 190 g/mol. The van der Waals surface area contributed by atoms with Crippen LogP contribution in [0.1, 0.15) is 31.7 Å². The lowest BCUT2D eigenvalue weighted by Crippen LogP contribution is -1.86. The highest BCUT2D eigenvalue weighted by molar-refractivity contribution is 5.80. The minimum Gasteiger partial charge on any atom is -0.300 e. The van der Waals surface area contributed by atoms with Crippen molar-refractivity contribution in [2.24, 2.45) is 5.92 Å². The maximum absolute atomic E-state index is 10.5. The van der Waals surface area contributed by atoms with Crippen LogP contribution in [0.25, 0.3) is 0 Å². The van der Waals surface area contributed by atoms with E-state index in [4.69, 9.17) is 0 Å². The van der Waals surface area contributed by atoms with Crippen LogP contribution in [0, 0.1) is 12.8 Å². The van der Waals surface area contributed by atoms with Crippen molar-refractivity contribution in [2.45, 2.75) is 33.1 Å². The van der Waals surface area contributed by atoms with E-state index in [1.165, 1.54) is 5.56 Å². The lowest BCUT2D eigenvalue weighted by atomic mass is 10.1. The molecule has 1 heteroatoms. The van der Waals surface area contributed by atoms with Gasteiger partial charge in [0, 0.05) is 12.8 Å². The van der Waals surface area contributed by atoms with E-state index < -0.39 is 0 Å². The Morgan fingerprint density at radius 1 is 1.21 bits per heavy atom. The lowest BCUT2D eigenvalue weighted by Gasteiger charge is -1.90. The van der Waals surface area contributed by atoms with E-state index in [1.807, 2.05) is 18.2 Å². The van der Waals surface area contributed by atoms with E-state index >= 15 is 0 Å². The Labute approximate surface area is 86.1 Å². The van der Waals surface area contributed by atoms with Gasteiger partial charge in [0.2, 0.25) is 0 Å². The molecule has 1 aliphatic carbocycles. The van der Waals surface area contributed by atoms with Crippen molar-refractivity contribution in [3.63, 3.8) is 0 Å². The molecule has 0 amide bonds. The van der Waals surface area contributed by atoms with E-state index in [0.29, 0.717) is 11.7 Å². The van der Waals surface area contributed by atoms with Gasteiger partial charge < -0.3 is 0 Å². The third-order valence-corrected chi connectivity index (χ3v) is 2.43. The van der Waals surface area contributed by atoms with Gasteiger partial charge in [-0.1, -0.05) is 42.8 Å². The molecule has 0 aromatic heterocycles. The van der Waals surface area contributed by atoms with Crippen molar-refractivity contribution < 1.29 is 4.79 Å². The minimum atomic E-state index is 0.451. The van der Waals surface area contributed by atoms with Crippen LogP contribution < -0.4 is 0 Å². The molecule has 0 bridgehead atoms. The zero-order chi connectivity index (χ0) is 10.4. The third-order valence-electron chi connectivity index (χ3n) is 2.43. The zero-order valence-electron chi connectivity index (χ0n) is 8.99. The largest absolute Gasteiger partial charge is 0.300 e. The van der Waals surface area contributed by atoms with E-state index in [1.54, 1.807) is 0 Å². The average Bonchev–Trinajstić information content (AvgIpc) is 2.52. The van der Waals surface area contributed by atoms with Crippen molar-refractivity contribution >= 4 is 5.78 Å². The molecule has 1 saturated carbocycles. The lowest BCUT2D eigenvalue weighted by molar-refractivity contribution is -0.117. The first-order valence-electron chi connectivity index (χ1n) is 5.22. The quantitative estimate of drug-likeness (QED) is 0.613. The van der Waals surface area contributed by atoms with Crippen LogP contribution in [0.3, 0.4) is 0 Å². The molecule has 76 valence electrons. The molecular weight excluding hydrogens is 172 g/mol. The molecule has 0 N–H and O–H groups in total. The number of hydrogen-bond donors (Lipinski definition) is 0. The van der Waals surface area contributed by atoms with Crippen molar-refractivity contribution in [3.8, 4) is 0 Å². The van der Waals surface area contributed by atoms with Crippen molar-refractivity contribution in [1.82, 2.24) is 0 Å². The molecule has 0 aliphatic heterocycles. The predicted octanol–water partition coefficient (Wildman–Crippen LogP) is 3.37. The van der Waals surface area contributed by atoms with E-state index in [2.05, 4.69) is 26.0 Å². The molecule has 2 rings (SSSR count). The first-order chi connectivity index (χ1) is 6.68. The van der Waals surface area contributed by atoms with Gasteiger partial charge in [-0.3, -0.25) is 4.79 Å². The van der Waals surface area contributed by atoms with Crippen LogP contribution in [0.2, 0.25) is 0 Å². The standard InChI is InChI=1S/C7H8.C6H10O/c1-7-5-3-2-4-6-7;1-5-2-3-6(7)4-5/h2-6H,1H3;5H,2-4H2,1H3/t;5-/m.0/s1. The molecule has 0 radical (unpaired) electrons. The maximum Gasteiger partial charge on any atom is 0.133 e. The fraction of sp³-hybridized carbons (Fsp3) is 0.462. The predicted molar refractivity (Wildman–Crippen MR) is 59.2 cm³/mol. The van der Waals surface area contributed by atoms with Gasteiger partial charge in [-0.2, -0.15) is 0 Å². The van der Waals surface area contributed by atoms with E-state index in [-0.39, 0.29) is 0 Å². The summed E-state index contributed by atoms with van der Waals surface area (Å²) in [7, 11) is 0. The first kappa shape index (κ1) is 11.0. The second kappa shape index (κ2) is 5.58. The van der Waals surface area contributed by atoms with Crippen LogP contribution in [0.5, 0.6) is 0 Å². The highest BCUT2D eigenvalue weighted by Gasteiger charge is 2.16. The Kier molecular flexibility index (Phi) is 4.37. The molecule has 0 spiro atoms. The highest BCUT2D eigenvalue weighted by atomic mass is 16.1. The third kappa shape index (κ3) is 4.22. The molecule has 1 atom stereocenters. The zero-order valence-corrected chi connectivity index (χ0v) is 8.99. The number of benzene rings is 1. The van der Waals surface area contributed by atoms with Gasteiger partial charge in [-0.25, -0.2) is 0 Å². The molecule has 1 aromatic rings. The van der Waals surface area contributed by atoms with Gasteiger partial charge in [-0.15, -0.1) is 0 Å². The molecule has 0 saturated heterocycles. The number of rotatable bonds is 0. The average molecular weight is 190 g/mol. The second-order valence-electron chi connectivity index (χ2n) is 4.04. The van der Waals surface area contributed by atoms with Gasteiger partial charge >= 0.3 is 0 Å². The summed E-state index contributed by atoms with van der Waals surface area (Å²) in [6.07, 6.45) is 2.79. The topological polar surface area (TPSA) is 17.1 Å². The fourth-order valence-corrected chi connectivity index (χ4v) is 1.53. The summed E-state index contributed by atoms with van der Waals surface area (Å²) in [6.45, 7) is 4.21. The van der Waals surface area contributed by atoms with Crippen molar-refractivity contribution in [2.75, 3.05) is 0 Å². The van der Waals surface area contributed by atoms with Crippen molar-refractivity contribution in [1.29, 1.82) is 0 Å². The normalized spacial score (nSPS) is 20.1. The number of aryl methyl sites for hydroxylation is 1. The molecule has 1 aromatic carbocycles. The summed E-state index contributed by atoms with van der Waals surface area (Å²) >= 11 is 0. The number of hydrogen-bond acceptors (Lipinski definition) is 1. The van der Waals surface area contributed by atoms with Crippen LogP contribution in [-0.2, 0) is 4.79 Å². The fourth-order valence-electron chi connectivity index (χ4n) is 1.53. The smallest absolute Gasteiger partial charge is 0.133 e. The Morgan fingerprint density at radius 2 is 1.86 bits per heavy atom. The summed E-state index contributed by atoms with van der Waals surface area (Å²) < 4.78 is 0. The molecule has 0 heterocycles. The van der Waals surface area contributed by atoms with Crippen LogP contribution >= 0.6 is 0 Å². The van der Waals surface area contributed by atoms with Gasteiger partial charge in [0.05, 0.1) is 0 Å². The Bertz CT molecular complexity index is 277. The Morgan fingerprint density at radius 3 is 2.07 bits per heavy atom. The molecule has 0 unspecified atom stereocenters. The Hall–Kier alpha value is -1.11. The van der Waals surface area contributed by atoms with Gasteiger partial charge in [0.1, 0.15) is 5.78 Å². The summed E-state index contributed by atoms with van der Waals surface area (Å²) in [5.74, 6) is 1.12. The highest BCUT2D eigenvalue weighted by Crippen LogP contribution is 2.19. The van der Waals surface area contributed by atoms with E-state index in [0.717, 1.165) is 19.3 Å². The second-order valence-corrected chi connectivity index (χ2v) is 4.04. The summed E-state index contributed by atoms with van der Waals surface area (Å²) in [6, 6.07) is 10.3. The number of ketones is 1. The number of Topliss-reactive ketones (excluding diaryl/α,β-unsaturated/α-hetero) is 1. The summed E-state index contributed by atoms with van der Waals surface area (Å²) in [5, 5.41) is 0. The van der Waals surface area contributed by atoms with Crippen molar-refractivity contribution in [3.05, 3.63) is 35.9 Å². The van der Waals surface area contributed by atoms with Crippen LogP contribution in [-0.4, -0.2) is 5.78 Å². The maximum atomic E-state index is 10.5. The van der Waals surface area contributed by atoms with Gasteiger partial charge in [-0.05, 0) is 19.3 Å². The van der Waals surface area contributed by atoms with Crippen LogP contribution in [0.4, 0.5) is 0 Å². The molecule has 1 nitrogen and oxygen atoms in total.